The molecular formula is C27H56N2O. The van der Waals surface area contributed by atoms with Crippen molar-refractivity contribution in [2.24, 2.45) is 0 Å². The number of unbranched alkanes of at least 4 members (excludes halogenated alkanes) is 18. The Balaban J connectivity index is 3.49. The minimum atomic E-state index is 0.196. The Morgan fingerprint density at radius 2 is 0.667 bits per heavy atom. The average molecular weight is 425 g/mol. The van der Waals surface area contributed by atoms with E-state index in [2.05, 4.69) is 13.8 Å². The van der Waals surface area contributed by atoms with Crippen molar-refractivity contribution in [3.8, 4) is 0 Å². The number of hydrogen-bond donors (Lipinski definition) is 0. The number of hydrogen-bond acceptors (Lipinski definition) is 1. The third-order valence-corrected chi connectivity index (χ3v) is 6.35. The van der Waals surface area contributed by atoms with Crippen LogP contribution in [0.2, 0.25) is 0 Å². The van der Waals surface area contributed by atoms with E-state index in [4.69, 9.17) is 0 Å². The van der Waals surface area contributed by atoms with Crippen molar-refractivity contribution in [1.82, 2.24) is 9.80 Å². The van der Waals surface area contributed by atoms with Gasteiger partial charge in [0.15, 0.2) is 0 Å². The van der Waals surface area contributed by atoms with Crippen molar-refractivity contribution in [2.75, 3.05) is 27.2 Å². The van der Waals surface area contributed by atoms with E-state index in [1.54, 1.807) is 0 Å². The average Bonchev–Trinajstić information content (AvgIpc) is 2.75. The summed E-state index contributed by atoms with van der Waals surface area (Å²) in [4.78, 5) is 16.3. The zero-order chi connectivity index (χ0) is 22.3. The highest BCUT2D eigenvalue weighted by Gasteiger charge is 2.13. The first-order chi connectivity index (χ1) is 14.6. The van der Waals surface area contributed by atoms with Gasteiger partial charge in [0, 0.05) is 27.2 Å². The summed E-state index contributed by atoms with van der Waals surface area (Å²) in [6.07, 6.45) is 26.9. The molecule has 0 aromatic heterocycles. The van der Waals surface area contributed by atoms with Gasteiger partial charge in [-0.2, -0.15) is 0 Å². The standard InChI is InChI=1S/C27H56N2O/c1-5-7-9-11-13-15-17-19-21-23-25-28(3)27(30)29(4)26-24-22-20-18-16-14-12-10-8-6-2/h5-26H2,1-4H3. The van der Waals surface area contributed by atoms with Gasteiger partial charge in [0.2, 0.25) is 0 Å². The number of nitrogens with zero attached hydrogens (tertiary/aromatic N) is 2. The Hall–Kier alpha value is -0.730. The zero-order valence-electron chi connectivity index (χ0n) is 21.4. The van der Waals surface area contributed by atoms with Gasteiger partial charge in [-0.25, -0.2) is 4.79 Å². The fourth-order valence-corrected chi connectivity index (χ4v) is 4.16. The first kappa shape index (κ1) is 29.3. The summed E-state index contributed by atoms with van der Waals surface area (Å²) in [5.74, 6) is 0. The monoisotopic (exact) mass is 424 g/mol. The normalized spacial score (nSPS) is 11.1. The molecular weight excluding hydrogens is 368 g/mol. The number of urea groups is 1. The van der Waals surface area contributed by atoms with E-state index in [0.29, 0.717) is 0 Å². The fourth-order valence-electron chi connectivity index (χ4n) is 4.16. The highest BCUT2D eigenvalue weighted by atomic mass is 16.2. The number of carbonyl (C=O) groups is 1. The van der Waals surface area contributed by atoms with Crippen LogP contribution in [0.25, 0.3) is 0 Å². The first-order valence-electron chi connectivity index (χ1n) is 13.6. The Kier molecular flexibility index (Phi) is 22.4. The summed E-state index contributed by atoms with van der Waals surface area (Å²) < 4.78 is 0. The van der Waals surface area contributed by atoms with E-state index in [1.165, 1.54) is 116 Å². The van der Waals surface area contributed by atoms with Crippen LogP contribution in [0, 0.1) is 0 Å². The lowest BCUT2D eigenvalue weighted by Gasteiger charge is -2.25. The predicted molar refractivity (Wildman–Crippen MR) is 134 cm³/mol. The molecule has 0 aliphatic rings. The molecule has 0 N–H and O–H groups in total. The molecule has 0 radical (unpaired) electrons. The van der Waals surface area contributed by atoms with Gasteiger partial charge in [0.25, 0.3) is 0 Å². The molecule has 0 aromatic carbocycles. The third kappa shape index (κ3) is 19.2. The lowest BCUT2D eigenvalue weighted by molar-refractivity contribution is 0.171. The molecule has 30 heavy (non-hydrogen) atoms. The molecule has 180 valence electrons. The van der Waals surface area contributed by atoms with E-state index >= 15 is 0 Å². The van der Waals surface area contributed by atoms with Crippen LogP contribution in [-0.2, 0) is 0 Å². The lowest BCUT2D eigenvalue weighted by Crippen LogP contribution is -2.39. The SMILES string of the molecule is CCCCCCCCCCCCN(C)C(=O)N(C)CCCCCCCCCCCC. The molecule has 0 fully saturated rings. The zero-order valence-corrected chi connectivity index (χ0v) is 21.4. The van der Waals surface area contributed by atoms with Gasteiger partial charge in [-0.1, -0.05) is 129 Å². The van der Waals surface area contributed by atoms with Gasteiger partial charge in [-0.3, -0.25) is 0 Å². The van der Waals surface area contributed by atoms with Crippen LogP contribution in [0.1, 0.15) is 142 Å². The highest BCUT2D eigenvalue weighted by molar-refractivity contribution is 5.73. The summed E-state index contributed by atoms with van der Waals surface area (Å²) >= 11 is 0. The molecule has 0 bridgehead atoms. The van der Waals surface area contributed by atoms with Gasteiger partial charge in [0.05, 0.1) is 0 Å². The minimum Gasteiger partial charge on any atom is -0.328 e. The Morgan fingerprint density at radius 1 is 0.433 bits per heavy atom. The lowest BCUT2D eigenvalue weighted by atomic mass is 10.1. The maximum Gasteiger partial charge on any atom is 0.319 e. The van der Waals surface area contributed by atoms with Crippen LogP contribution >= 0.6 is 0 Å². The van der Waals surface area contributed by atoms with Crippen molar-refractivity contribution >= 4 is 6.03 Å². The molecule has 0 atom stereocenters. The van der Waals surface area contributed by atoms with E-state index in [0.717, 1.165) is 25.9 Å². The van der Waals surface area contributed by atoms with Crippen molar-refractivity contribution in [3.05, 3.63) is 0 Å². The van der Waals surface area contributed by atoms with Gasteiger partial charge in [-0.05, 0) is 12.8 Å². The second-order valence-corrected chi connectivity index (χ2v) is 9.49. The third-order valence-electron chi connectivity index (χ3n) is 6.35. The van der Waals surface area contributed by atoms with Crippen LogP contribution in [0.3, 0.4) is 0 Å². The molecule has 0 rings (SSSR count). The van der Waals surface area contributed by atoms with Crippen molar-refractivity contribution in [3.63, 3.8) is 0 Å². The predicted octanol–water partition coefficient (Wildman–Crippen LogP) is 8.81. The van der Waals surface area contributed by atoms with E-state index in [1.807, 2.05) is 23.9 Å². The number of rotatable bonds is 22. The van der Waals surface area contributed by atoms with Crippen molar-refractivity contribution in [2.45, 2.75) is 142 Å². The molecule has 0 aromatic rings. The largest absolute Gasteiger partial charge is 0.328 e. The first-order valence-corrected chi connectivity index (χ1v) is 13.6. The number of amides is 2. The van der Waals surface area contributed by atoms with Crippen molar-refractivity contribution in [1.29, 1.82) is 0 Å². The molecule has 3 heteroatoms. The van der Waals surface area contributed by atoms with Gasteiger partial charge in [-0.15, -0.1) is 0 Å². The topological polar surface area (TPSA) is 23.6 Å². The summed E-state index contributed by atoms with van der Waals surface area (Å²) in [5.41, 5.74) is 0. The maximum absolute atomic E-state index is 12.5. The molecule has 0 heterocycles. The Bertz CT molecular complexity index is 327. The summed E-state index contributed by atoms with van der Waals surface area (Å²) in [7, 11) is 3.93. The van der Waals surface area contributed by atoms with Crippen LogP contribution < -0.4 is 0 Å². The van der Waals surface area contributed by atoms with E-state index in [9.17, 15) is 4.79 Å². The molecule has 0 unspecified atom stereocenters. The number of carbonyl (C=O) groups excluding carboxylic acids is 1. The summed E-state index contributed by atoms with van der Waals surface area (Å²) in [6, 6.07) is 0.196. The second-order valence-electron chi connectivity index (χ2n) is 9.49. The quantitative estimate of drug-likeness (QED) is 0.159. The van der Waals surface area contributed by atoms with Gasteiger partial charge >= 0.3 is 6.03 Å². The molecule has 3 nitrogen and oxygen atoms in total. The molecule has 2 amide bonds. The van der Waals surface area contributed by atoms with Crippen LogP contribution in [0.15, 0.2) is 0 Å². The summed E-state index contributed by atoms with van der Waals surface area (Å²) in [5, 5.41) is 0. The van der Waals surface area contributed by atoms with E-state index in [-0.39, 0.29) is 6.03 Å². The van der Waals surface area contributed by atoms with Crippen LogP contribution in [0.5, 0.6) is 0 Å². The van der Waals surface area contributed by atoms with Crippen LogP contribution in [-0.4, -0.2) is 43.0 Å². The fraction of sp³-hybridized carbons (Fsp3) is 0.963. The smallest absolute Gasteiger partial charge is 0.319 e. The molecule has 0 aliphatic carbocycles. The Morgan fingerprint density at radius 3 is 0.933 bits per heavy atom. The molecule has 0 saturated heterocycles. The highest BCUT2D eigenvalue weighted by Crippen LogP contribution is 2.12. The molecule has 0 aliphatic heterocycles. The second kappa shape index (κ2) is 22.9. The Labute approximate surface area is 190 Å². The van der Waals surface area contributed by atoms with E-state index < -0.39 is 0 Å². The minimum absolute atomic E-state index is 0.196. The van der Waals surface area contributed by atoms with Gasteiger partial charge < -0.3 is 9.80 Å². The molecule has 0 saturated carbocycles. The van der Waals surface area contributed by atoms with Crippen molar-refractivity contribution < 1.29 is 4.79 Å². The van der Waals surface area contributed by atoms with Gasteiger partial charge in [0.1, 0.15) is 0 Å². The molecule has 0 spiro atoms. The van der Waals surface area contributed by atoms with Crippen LogP contribution in [0.4, 0.5) is 4.79 Å². The maximum atomic E-state index is 12.5. The summed E-state index contributed by atoms with van der Waals surface area (Å²) in [6.45, 7) is 6.35.